The highest BCUT2D eigenvalue weighted by Crippen LogP contribution is 2.17. The van der Waals surface area contributed by atoms with Crippen LogP contribution in [0.15, 0.2) is 29.1 Å². The Morgan fingerprint density at radius 1 is 1.23 bits per heavy atom. The molecule has 1 saturated carbocycles. The molecule has 2 aromatic rings. The van der Waals surface area contributed by atoms with Crippen molar-refractivity contribution >= 4 is 22.8 Å². The van der Waals surface area contributed by atoms with E-state index >= 15 is 0 Å². The average Bonchev–Trinajstić information content (AvgIpc) is 3.13. The van der Waals surface area contributed by atoms with E-state index in [-0.39, 0.29) is 30.5 Å². The van der Waals surface area contributed by atoms with Crippen LogP contribution in [0.5, 0.6) is 0 Å². The van der Waals surface area contributed by atoms with Crippen LogP contribution in [0, 0.1) is 0 Å². The molecular formula is C19H23N3O4. The molecule has 26 heavy (non-hydrogen) atoms. The smallest absolute Gasteiger partial charge is 0.306 e. The third kappa shape index (κ3) is 4.91. The van der Waals surface area contributed by atoms with Crippen LogP contribution in [-0.4, -0.2) is 34.5 Å². The zero-order chi connectivity index (χ0) is 18.4. The summed E-state index contributed by atoms with van der Waals surface area (Å²) in [6.45, 7) is -0.236. The summed E-state index contributed by atoms with van der Waals surface area (Å²) in [6, 6.07) is 7.34. The highest BCUT2D eigenvalue weighted by atomic mass is 16.5. The van der Waals surface area contributed by atoms with E-state index in [2.05, 4.69) is 15.3 Å². The fraction of sp³-hybridized carbons (Fsp3) is 0.474. The first kappa shape index (κ1) is 18.1. The molecule has 2 N–H and O–H groups in total. The standard InChI is InChI=1S/C19H23N3O4/c23-17(20-13-6-1-2-7-13)12-26-18(24)11-5-10-16-21-15-9-4-3-8-14(15)19(25)22-16/h3-4,8-9,13H,1-2,5-7,10-12H2,(H,20,23)(H,21,22,25). The van der Waals surface area contributed by atoms with Crippen LogP contribution in [0.4, 0.5) is 0 Å². The molecular weight excluding hydrogens is 334 g/mol. The van der Waals surface area contributed by atoms with Crippen LogP contribution in [0.25, 0.3) is 10.9 Å². The second kappa shape index (κ2) is 8.60. The summed E-state index contributed by atoms with van der Waals surface area (Å²) in [5, 5.41) is 3.42. The van der Waals surface area contributed by atoms with Crippen molar-refractivity contribution in [1.82, 2.24) is 15.3 Å². The first-order valence-corrected chi connectivity index (χ1v) is 9.05. The third-order valence-electron chi connectivity index (χ3n) is 4.54. The van der Waals surface area contributed by atoms with Crippen LogP contribution in [0.2, 0.25) is 0 Å². The molecule has 1 heterocycles. The summed E-state index contributed by atoms with van der Waals surface area (Å²) < 4.78 is 5.00. The molecule has 0 unspecified atom stereocenters. The van der Waals surface area contributed by atoms with E-state index in [1.165, 1.54) is 0 Å². The summed E-state index contributed by atoms with van der Waals surface area (Å²) in [5.41, 5.74) is 0.453. The molecule has 7 heteroatoms. The van der Waals surface area contributed by atoms with Gasteiger partial charge in [-0.2, -0.15) is 0 Å². The quantitative estimate of drug-likeness (QED) is 0.737. The van der Waals surface area contributed by atoms with Gasteiger partial charge >= 0.3 is 5.97 Å². The average molecular weight is 357 g/mol. The summed E-state index contributed by atoms with van der Waals surface area (Å²) in [6.07, 6.45) is 5.39. The zero-order valence-electron chi connectivity index (χ0n) is 14.6. The van der Waals surface area contributed by atoms with Crippen molar-refractivity contribution in [2.24, 2.45) is 0 Å². The van der Waals surface area contributed by atoms with E-state index in [4.69, 9.17) is 4.74 Å². The molecule has 1 aromatic heterocycles. The number of aromatic amines is 1. The van der Waals surface area contributed by atoms with Crippen LogP contribution in [-0.2, 0) is 20.7 Å². The van der Waals surface area contributed by atoms with Gasteiger partial charge in [0.1, 0.15) is 5.82 Å². The molecule has 0 radical (unpaired) electrons. The molecule has 1 fully saturated rings. The number of ether oxygens (including phenoxy) is 1. The molecule has 0 spiro atoms. The Morgan fingerprint density at radius 2 is 2.00 bits per heavy atom. The summed E-state index contributed by atoms with van der Waals surface area (Å²) >= 11 is 0. The van der Waals surface area contributed by atoms with Crippen LogP contribution >= 0.6 is 0 Å². The Morgan fingerprint density at radius 3 is 2.81 bits per heavy atom. The van der Waals surface area contributed by atoms with Crippen LogP contribution in [0.3, 0.4) is 0 Å². The monoisotopic (exact) mass is 357 g/mol. The predicted octanol–water partition coefficient (Wildman–Crippen LogP) is 1.85. The number of rotatable bonds is 7. The van der Waals surface area contributed by atoms with Gasteiger partial charge in [-0.15, -0.1) is 0 Å². The molecule has 0 atom stereocenters. The highest BCUT2D eigenvalue weighted by molar-refractivity contribution is 5.80. The molecule has 138 valence electrons. The van der Waals surface area contributed by atoms with Crippen molar-refractivity contribution in [3.63, 3.8) is 0 Å². The minimum Gasteiger partial charge on any atom is -0.456 e. The number of nitrogens with one attached hydrogen (secondary N) is 2. The molecule has 0 saturated heterocycles. The maximum Gasteiger partial charge on any atom is 0.306 e. The fourth-order valence-corrected chi connectivity index (χ4v) is 3.21. The molecule has 0 bridgehead atoms. The van der Waals surface area contributed by atoms with E-state index in [0.29, 0.717) is 29.6 Å². The second-order valence-corrected chi connectivity index (χ2v) is 6.59. The topological polar surface area (TPSA) is 101 Å². The lowest BCUT2D eigenvalue weighted by Gasteiger charge is -2.11. The number of nitrogens with zero attached hydrogens (tertiary/aromatic N) is 1. The Hall–Kier alpha value is -2.70. The lowest BCUT2D eigenvalue weighted by molar-refractivity contribution is -0.148. The molecule has 1 aliphatic rings. The maximum absolute atomic E-state index is 12.0. The van der Waals surface area contributed by atoms with Crippen molar-refractivity contribution in [3.05, 3.63) is 40.4 Å². The number of benzene rings is 1. The highest BCUT2D eigenvalue weighted by Gasteiger charge is 2.17. The van der Waals surface area contributed by atoms with Crippen molar-refractivity contribution in [2.45, 2.75) is 51.0 Å². The molecule has 1 aromatic carbocycles. The Bertz CT molecular complexity index is 840. The van der Waals surface area contributed by atoms with E-state index in [0.717, 1.165) is 25.7 Å². The number of para-hydroxylation sites is 1. The Balaban J connectivity index is 1.41. The fourth-order valence-electron chi connectivity index (χ4n) is 3.21. The van der Waals surface area contributed by atoms with Gasteiger partial charge in [-0.05, 0) is 31.4 Å². The van der Waals surface area contributed by atoms with Crippen molar-refractivity contribution in [2.75, 3.05) is 6.61 Å². The Labute approximate surface area is 151 Å². The van der Waals surface area contributed by atoms with E-state index in [1.54, 1.807) is 18.2 Å². The number of carbonyl (C=O) groups is 2. The van der Waals surface area contributed by atoms with Gasteiger partial charge in [0.25, 0.3) is 11.5 Å². The largest absolute Gasteiger partial charge is 0.456 e. The van der Waals surface area contributed by atoms with Gasteiger partial charge in [0.05, 0.1) is 10.9 Å². The summed E-state index contributed by atoms with van der Waals surface area (Å²) in [4.78, 5) is 42.6. The maximum atomic E-state index is 12.0. The van der Waals surface area contributed by atoms with Crippen molar-refractivity contribution in [3.8, 4) is 0 Å². The molecule has 7 nitrogen and oxygen atoms in total. The number of hydrogen-bond acceptors (Lipinski definition) is 5. The Kier molecular flexibility index (Phi) is 5.99. The van der Waals surface area contributed by atoms with Gasteiger partial charge in [-0.3, -0.25) is 14.4 Å². The first-order chi connectivity index (χ1) is 12.6. The predicted molar refractivity (Wildman–Crippen MR) is 96.7 cm³/mol. The molecule has 0 aliphatic heterocycles. The number of aromatic nitrogens is 2. The molecule has 1 aliphatic carbocycles. The number of amides is 1. The molecule has 3 rings (SSSR count). The lowest BCUT2D eigenvalue weighted by atomic mass is 10.2. The lowest BCUT2D eigenvalue weighted by Crippen LogP contribution is -2.35. The van der Waals surface area contributed by atoms with Gasteiger partial charge in [0.15, 0.2) is 6.61 Å². The number of H-pyrrole nitrogens is 1. The minimum atomic E-state index is -0.422. The van der Waals surface area contributed by atoms with Crippen molar-refractivity contribution < 1.29 is 14.3 Å². The summed E-state index contributed by atoms with van der Waals surface area (Å²) in [5.74, 6) is -0.124. The van der Waals surface area contributed by atoms with Gasteiger partial charge in [-0.1, -0.05) is 25.0 Å². The van der Waals surface area contributed by atoms with Gasteiger partial charge in [-0.25, -0.2) is 4.98 Å². The van der Waals surface area contributed by atoms with E-state index in [9.17, 15) is 14.4 Å². The molecule has 1 amide bonds. The van der Waals surface area contributed by atoms with Gasteiger partial charge in [0.2, 0.25) is 0 Å². The third-order valence-corrected chi connectivity index (χ3v) is 4.54. The second-order valence-electron chi connectivity index (χ2n) is 6.59. The minimum absolute atomic E-state index is 0.174. The van der Waals surface area contributed by atoms with Gasteiger partial charge in [0, 0.05) is 18.9 Å². The van der Waals surface area contributed by atoms with E-state index < -0.39 is 5.97 Å². The number of fused-ring (bicyclic) bond motifs is 1. The van der Waals surface area contributed by atoms with E-state index in [1.807, 2.05) is 6.07 Å². The van der Waals surface area contributed by atoms with Crippen LogP contribution in [0.1, 0.15) is 44.3 Å². The number of hydrogen-bond donors (Lipinski definition) is 2. The van der Waals surface area contributed by atoms with Gasteiger partial charge < -0.3 is 15.0 Å². The SMILES string of the molecule is O=C(COC(=O)CCCc1nc2ccccc2c(=O)[nH]1)NC1CCCC1. The zero-order valence-corrected chi connectivity index (χ0v) is 14.6. The van der Waals surface area contributed by atoms with Crippen LogP contribution < -0.4 is 10.9 Å². The summed E-state index contributed by atoms with van der Waals surface area (Å²) in [7, 11) is 0. The first-order valence-electron chi connectivity index (χ1n) is 9.05. The number of carbonyl (C=O) groups excluding carboxylic acids is 2. The van der Waals surface area contributed by atoms with Crippen molar-refractivity contribution in [1.29, 1.82) is 0 Å². The normalized spacial score (nSPS) is 14.5. The number of esters is 1. The number of aryl methyl sites for hydroxylation is 1.